The second-order valence-electron chi connectivity index (χ2n) is 18.7. The van der Waals surface area contributed by atoms with Gasteiger partial charge in [-0.15, -0.1) is 0 Å². The number of unbranched alkanes of at least 4 members (excludes halogenated alkanes) is 28. The van der Waals surface area contributed by atoms with Crippen molar-refractivity contribution in [2.24, 2.45) is 5.92 Å². The number of carbonyl (C=O) groups is 3. The Balaban J connectivity index is 3.08. The third-order valence-corrected chi connectivity index (χ3v) is 13.2. The predicted octanol–water partition coefficient (Wildman–Crippen LogP) is 11.8. The Labute approximate surface area is 389 Å². The van der Waals surface area contributed by atoms with Crippen LogP contribution in [0, 0.1) is 5.92 Å². The zero-order chi connectivity index (χ0) is 47.3. The number of hydrogen-bond acceptors (Lipinski definition) is 10. The number of amides is 1. The average molecular weight is 934 g/mol. The fourth-order valence-electron chi connectivity index (χ4n) is 8.80. The molecule has 0 radical (unpaired) electrons. The summed E-state index contributed by atoms with van der Waals surface area (Å²) in [7, 11) is -5.28. The van der Waals surface area contributed by atoms with Gasteiger partial charge in [0.2, 0.25) is 5.91 Å². The number of hydrogen-bond donors (Lipinski definition) is 5. The molecule has 1 rings (SSSR count). The summed E-state index contributed by atoms with van der Waals surface area (Å²) in [5, 5.41) is 24.6. The van der Waals surface area contributed by atoms with Crippen molar-refractivity contribution < 1.29 is 57.7 Å². The lowest BCUT2D eigenvalue weighted by Gasteiger charge is -2.44. The highest BCUT2D eigenvalue weighted by Gasteiger charge is 2.52. The van der Waals surface area contributed by atoms with Crippen LogP contribution < -0.4 is 5.32 Å². The highest BCUT2D eigenvalue weighted by molar-refractivity contribution is 7.46. The second-order valence-corrected chi connectivity index (χ2v) is 19.9. The maximum absolute atomic E-state index is 14.3. The summed E-state index contributed by atoms with van der Waals surface area (Å²) in [5.41, 5.74) is 0. The molecule has 1 fully saturated rings. The minimum absolute atomic E-state index is 0.303. The summed E-state index contributed by atoms with van der Waals surface area (Å²) in [6.45, 7) is 7.23. The number of aliphatic hydroxyl groups excluding tert-OH is 2. The van der Waals surface area contributed by atoms with Crippen molar-refractivity contribution in [2.75, 3.05) is 6.61 Å². The van der Waals surface area contributed by atoms with Gasteiger partial charge < -0.3 is 39.5 Å². The first kappa shape index (κ1) is 60.4. The molecule has 2 unspecified atom stereocenters. The van der Waals surface area contributed by atoms with Crippen LogP contribution in [-0.4, -0.2) is 81.2 Å². The van der Waals surface area contributed by atoms with Crippen molar-refractivity contribution in [2.45, 2.75) is 289 Å². The van der Waals surface area contributed by atoms with Crippen molar-refractivity contribution in [1.29, 1.82) is 0 Å². The lowest BCUT2D eigenvalue weighted by atomic mass is 9.92. The van der Waals surface area contributed by atoms with Crippen LogP contribution in [0.1, 0.15) is 252 Å². The van der Waals surface area contributed by atoms with Gasteiger partial charge in [0.15, 0.2) is 12.4 Å². The molecule has 7 atom stereocenters. The van der Waals surface area contributed by atoms with Crippen molar-refractivity contribution in [1.82, 2.24) is 5.32 Å². The van der Waals surface area contributed by atoms with E-state index in [-0.39, 0.29) is 6.42 Å². The van der Waals surface area contributed by atoms with E-state index < -0.39 is 74.9 Å². The molecule has 64 heavy (non-hydrogen) atoms. The van der Waals surface area contributed by atoms with E-state index in [1.807, 2.05) is 0 Å². The molecule has 0 aromatic heterocycles. The van der Waals surface area contributed by atoms with Gasteiger partial charge in [0, 0.05) is 6.92 Å². The molecule has 1 aliphatic rings. The quantitative estimate of drug-likeness (QED) is 0.0221. The predicted molar refractivity (Wildman–Crippen MR) is 254 cm³/mol. The monoisotopic (exact) mass is 934 g/mol. The van der Waals surface area contributed by atoms with Crippen molar-refractivity contribution >= 4 is 25.7 Å². The van der Waals surface area contributed by atoms with E-state index in [1.54, 1.807) is 0 Å². The molecular formula is C50H96NO12P. The minimum Gasteiger partial charge on any atom is -0.463 e. The van der Waals surface area contributed by atoms with Crippen LogP contribution in [0.4, 0.5) is 0 Å². The Hall–Kier alpha value is -1.60. The van der Waals surface area contributed by atoms with Crippen LogP contribution in [0.3, 0.4) is 0 Å². The SMILES string of the molecule is CCCCCCCCCCCCCCC(CCCCCCCCCCCC)C(=O)O[C@H]1[C@H](OP(=O)(O)O)[C@@H](COC(C)=O)OC(O)[C@@H]1NC(=O)C[C@H](O)CCCCCCCCCCC. The summed E-state index contributed by atoms with van der Waals surface area (Å²) in [6, 6.07) is -1.51. The first-order valence-electron chi connectivity index (χ1n) is 26.2. The van der Waals surface area contributed by atoms with Gasteiger partial charge in [-0.3, -0.25) is 18.9 Å². The molecule has 14 heteroatoms. The van der Waals surface area contributed by atoms with Crippen LogP contribution in [0.5, 0.6) is 0 Å². The molecule has 0 aliphatic carbocycles. The standard InChI is InChI=1S/C50H96NO12P/c1-5-8-11-14-17-20-22-23-26-28-31-34-37-42(36-33-30-27-25-21-18-15-12-9-6-2)49(55)62-48-46(50(56)61-44(40-60-41(4)52)47(48)63-64(57,58)59)51-45(54)39-43(53)38-35-32-29-24-19-16-13-10-7-3/h42-44,46-48,50,53,56H,5-40H2,1-4H3,(H,51,54)(H2,57,58,59)/t42?,43-,44-,46-,47-,48-,50?/m1/s1. The third kappa shape index (κ3) is 32.2. The van der Waals surface area contributed by atoms with Crippen molar-refractivity contribution in [3.05, 3.63) is 0 Å². The van der Waals surface area contributed by atoms with Gasteiger partial charge in [-0.1, -0.05) is 220 Å². The average Bonchev–Trinajstić information content (AvgIpc) is 3.24. The number of carbonyl (C=O) groups excluding carboxylic acids is 3. The Morgan fingerprint density at radius 1 is 0.594 bits per heavy atom. The van der Waals surface area contributed by atoms with Gasteiger partial charge in [0.25, 0.3) is 0 Å². The summed E-state index contributed by atoms with van der Waals surface area (Å²) < 4.78 is 34.4. The molecule has 5 N–H and O–H groups in total. The highest BCUT2D eigenvalue weighted by Crippen LogP contribution is 2.42. The molecule has 0 aromatic rings. The minimum atomic E-state index is -5.28. The Morgan fingerprint density at radius 2 is 0.969 bits per heavy atom. The first-order valence-corrected chi connectivity index (χ1v) is 27.7. The summed E-state index contributed by atoms with van der Waals surface area (Å²) >= 11 is 0. The number of phosphoric acid groups is 1. The number of rotatable bonds is 43. The molecule has 1 heterocycles. The molecule has 0 spiro atoms. The van der Waals surface area contributed by atoms with Gasteiger partial charge in [-0.2, -0.15) is 0 Å². The fraction of sp³-hybridized carbons (Fsp3) is 0.940. The van der Waals surface area contributed by atoms with Gasteiger partial charge >= 0.3 is 19.8 Å². The van der Waals surface area contributed by atoms with Crippen LogP contribution in [-0.2, 0) is 37.7 Å². The zero-order valence-corrected chi connectivity index (χ0v) is 41.9. The second kappa shape index (κ2) is 39.4. The van der Waals surface area contributed by atoms with Crippen LogP contribution in [0.2, 0.25) is 0 Å². The summed E-state index contributed by atoms with van der Waals surface area (Å²) in [6.07, 6.45) is 29.2. The lowest BCUT2D eigenvalue weighted by molar-refractivity contribution is -0.258. The van der Waals surface area contributed by atoms with Gasteiger partial charge in [-0.25, -0.2) is 4.57 Å². The summed E-state index contributed by atoms with van der Waals surface area (Å²) in [5.74, 6) is -2.52. The molecule has 1 saturated heterocycles. The number of aliphatic hydroxyl groups is 2. The van der Waals surface area contributed by atoms with E-state index in [0.717, 1.165) is 84.0 Å². The van der Waals surface area contributed by atoms with Gasteiger partial charge in [0.1, 0.15) is 24.9 Å². The smallest absolute Gasteiger partial charge is 0.463 e. The number of phosphoric ester groups is 1. The topological polar surface area (TPSA) is 198 Å². The first-order chi connectivity index (χ1) is 30.8. The third-order valence-electron chi connectivity index (χ3n) is 12.7. The maximum atomic E-state index is 14.3. The molecule has 378 valence electrons. The van der Waals surface area contributed by atoms with E-state index in [2.05, 4.69) is 26.1 Å². The van der Waals surface area contributed by atoms with Crippen molar-refractivity contribution in [3.8, 4) is 0 Å². The van der Waals surface area contributed by atoms with E-state index in [9.17, 15) is 38.9 Å². The molecule has 13 nitrogen and oxygen atoms in total. The van der Waals surface area contributed by atoms with Crippen LogP contribution >= 0.6 is 7.82 Å². The normalized spacial score (nSPS) is 19.9. The number of nitrogens with one attached hydrogen (secondary N) is 1. The molecule has 1 aliphatic heterocycles. The van der Waals surface area contributed by atoms with E-state index in [4.69, 9.17) is 18.7 Å². The fourth-order valence-corrected chi connectivity index (χ4v) is 9.38. The van der Waals surface area contributed by atoms with E-state index >= 15 is 0 Å². The zero-order valence-electron chi connectivity index (χ0n) is 41.0. The Morgan fingerprint density at radius 3 is 1.34 bits per heavy atom. The Bertz CT molecular complexity index is 1200. The molecule has 0 saturated carbocycles. The highest BCUT2D eigenvalue weighted by atomic mass is 31.2. The number of ether oxygens (including phenoxy) is 3. The van der Waals surface area contributed by atoms with Gasteiger partial charge in [0.05, 0.1) is 18.4 Å². The Kier molecular flexibility index (Phi) is 37.2. The molecule has 0 aromatic carbocycles. The van der Waals surface area contributed by atoms with Gasteiger partial charge in [-0.05, 0) is 19.3 Å². The van der Waals surface area contributed by atoms with Crippen LogP contribution in [0.15, 0.2) is 0 Å². The lowest BCUT2D eigenvalue weighted by Crippen LogP contribution is -2.66. The maximum Gasteiger partial charge on any atom is 0.470 e. The largest absolute Gasteiger partial charge is 0.470 e. The van der Waals surface area contributed by atoms with E-state index in [0.29, 0.717) is 19.3 Å². The molecule has 0 bridgehead atoms. The van der Waals surface area contributed by atoms with Crippen LogP contribution in [0.25, 0.3) is 0 Å². The summed E-state index contributed by atoms with van der Waals surface area (Å²) in [4.78, 5) is 59.5. The van der Waals surface area contributed by atoms with E-state index in [1.165, 1.54) is 122 Å². The van der Waals surface area contributed by atoms with Crippen molar-refractivity contribution in [3.63, 3.8) is 0 Å². The molecule has 1 amide bonds. The molecular weight excluding hydrogens is 838 g/mol. The number of esters is 2.